The van der Waals surface area contributed by atoms with Crippen LogP contribution in [0.3, 0.4) is 0 Å². The first-order chi connectivity index (χ1) is 10.8. The van der Waals surface area contributed by atoms with E-state index in [4.69, 9.17) is 4.74 Å². The molecule has 4 nitrogen and oxygen atoms in total. The Morgan fingerprint density at radius 1 is 1.23 bits per heavy atom. The molecule has 118 valence electrons. The van der Waals surface area contributed by atoms with Crippen molar-refractivity contribution in [3.63, 3.8) is 0 Å². The second kappa shape index (κ2) is 9.10. The summed E-state index contributed by atoms with van der Waals surface area (Å²) in [7, 11) is 3.83. The summed E-state index contributed by atoms with van der Waals surface area (Å²) in [5.74, 6) is 1.80. The molecule has 1 N–H and O–H groups in total. The molecule has 2 rings (SSSR count). The van der Waals surface area contributed by atoms with Crippen LogP contribution in [-0.4, -0.2) is 44.7 Å². The van der Waals surface area contributed by atoms with Crippen LogP contribution in [0.5, 0.6) is 5.75 Å². The lowest BCUT2D eigenvalue weighted by molar-refractivity contribution is 0.281. The highest BCUT2D eigenvalue weighted by atomic mass is 32.1. The Morgan fingerprint density at radius 3 is 2.73 bits per heavy atom. The molecule has 0 bridgehead atoms. The topological polar surface area (TPSA) is 36.9 Å². The molecular weight excluding hydrogens is 294 g/mol. The van der Waals surface area contributed by atoms with Crippen molar-refractivity contribution in [2.45, 2.75) is 6.42 Å². The maximum Gasteiger partial charge on any atom is 0.193 e. The van der Waals surface area contributed by atoms with Crippen LogP contribution in [0.4, 0.5) is 0 Å². The van der Waals surface area contributed by atoms with Crippen molar-refractivity contribution in [1.82, 2.24) is 10.2 Å². The van der Waals surface area contributed by atoms with Gasteiger partial charge in [-0.3, -0.25) is 4.99 Å². The van der Waals surface area contributed by atoms with Crippen LogP contribution in [-0.2, 0) is 6.42 Å². The zero-order valence-corrected chi connectivity index (χ0v) is 14.0. The van der Waals surface area contributed by atoms with Crippen LogP contribution in [0, 0.1) is 0 Å². The normalized spacial score (nSPS) is 11.3. The summed E-state index contributed by atoms with van der Waals surface area (Å²) < 4.78 is 5.71. The van der Waals surface area contributed by atoms with E-state index in [1.54, 1.807) is 11.3 Å². The molecule has 1 aromatic heterocycles. The van der Waals surface area contributed by atoms with E-state index < -0.39 is 0 Å². The molecule has 0 fully saturated rings. The zero-order chi connectivity index (χ0) is 15.6. The second-order valence-electron chi connectivity index (χ2n) is 4.89. The molecule has 0 aliphatic rings. The van der Waals surface area contributed by atoms with Gasteiger partial charge in [-0.05, 0) is 30.0 Å². The summed E-state index contributed by atoms with van der Waals surface area (Å²) in [6, 6.07) is 14.1. The summed E-state index contributed by atoms with van der Waals surface area (Å²) in [4.78, 5) is 7.78. The van der Waals surface area contributed by atoms with Gasteiger partial charge in [0.2, 0.25) is 0 Å². The Hall–Kier alpha value is -2.01. The highest BCUT2D eigenvalue weighted by Crippen LogP contribution is 2.09. The minimum absolute atomic E-state index is 0.631. The lowest BCUT2D eigenvalue weighted by atomic mass is 10.3. The van der Waals surface area contributed by atoms with Crippen molar-refractivity contribution in [2.75, 3.05) is 33.8 Å². The first-order valence-corrected chi connectivity index (χ1v) is 8.29. The molecule has 22 heavy (non-hydrogen) atoms. The summed E-state index contributed by atoms with van der Waals surface area (Å²) in [5.41, 5.74) is 0. The number of nitrogens with zero attached hydrogens (tertiary/aromatic N) is 2. The lowest BCUT2D eigenvalue weighted by Crippen LogP contribution is -2.41. The molecule has 0 amide bonds. The molecular formula is C17H23N3OS. The molecule has 0 atom stereocenters. The van der Waals surface area contributed by atoms with Crippen molar-refractivity contribution in [3.8, 4) is 5.75 Å². The standard InChI is InChI=1S/C17H23N3OS/c1-18-17(19-11-10-16-9-6-14-22-16)20(2)12-13-21-15-7-4-3-5-8-15/h3-9,14H,10-13H2,1-2H3,(H,18,19). The number of hydrogen-bond acceptors (Lipinski definition) is 3. The van der Waals surface area contributed by atoms with E-state index in [2.05, 4.69) is 32.7 Å². The van der Waals surface area contributed by atoms with Gasteiger partial charge in [0.1, 0.15) is 12.4 Å². The van der Waals surface area contributed by atoms with E-state index >= 15 is 0 Å². The maximum absolute atomic E-state index is 5.71. The minimum Gasteiger partial charge on any atom is -0.492 e. The van der Waals surface area contributed by atoms with E-state index in [0.29, 0.717) is 6.61 Å². The van der Waals surface area contributed by atoms with Gasteiger partial charge in [0.15, 0.2) is 5.96 Å². The SMILES string of the molecule is CN=C(NCCc1cccs1)N(C)CCOc1ccccc1. The zero-order valence-electron chi connectivity index (χ0n) is 13.2. The predicted octanol–water partition coefficient (Wildman–Crippen LogP) is 2.88. The van der Waals surface area contributed by atoms with Gasteiger partial charge < -0.3 is 15.0 Å². The lowest BCUT2D eigenvalue weighted by Gasteiger charge is -2.22. The highest BCUT2D eigenvalue weighted by molar-refractivity contribution is 7.09. The van der Waals surface area contributed by atoms with E-state index in [1.165, 1.54) is 4.88 Å². The highest BCUT2D eigenvalue weighted by Gasteiger charge is 2.05. The number of guanidine groups is 1. The Labute approximate surface area is 136 Å². The van der Waals surface area contributed by atoms with E-state index in [0.717, 1.165) is 31.2 Å². The fraction of sp³-hybridized carbons (Fsp3) is 0.353. The van der Waals surface area contributed by atoms with Crippen molar-refractivity contribution in [2.24, 2.45) is 4.99 Å². The molecule has 5 heteroatoms. The monoisotopic (exact) mass is 317 g/mol. The van der Waals surface area contributed by atoms with Gasteiger partial charge in [0, 0.05) is 25.5 Å². The summed E-state index contributed by atoms with van der Waals surface area (Å²) in [6.45, 7) is 2.30. The number of hydrogen-bond donors (Lipinski definition) is 1. The number of para-hydroxylation sites is 1. The quantitative estimate of drug-likeness (QED) is 0.630. The number of ether oxygens (including phenoxy) is 1. The molecule has 1 heterocycles. The smallest absolute Gasteiger partial charge is 0.193 e. The van der Waals surface area contributed by atoms with Gasteiger partial charge in [-0.1, -0.05) is 24.3 Å². The molecule has 0 radical (unpaired) electrons. The van der Waals surface area contributed by atoms with Crippen molar-refractivity contribution >= 4 is 17.3 Å². The fourth-order valence-corrected chi connectivity index (χ4v) is 2.77. The van der Waals surface area contributed by atoms with Crippen molar-refractivity contribution in [3.05, 3.63) is 52.7 Å². The molecule has 0 unspecified atom stereocenters. The fourth-order valence-electron chi connectivity index (χ4n) is 2.06. The molecule has 0 saturated carbocycles. The molecule has 1 aromatic carbocycles. The number of thiophene rings is 1. The van der Waals surface area contributed by atoms with Gasteiger partial charge in [-0.15, -0.1) is 11.3 Å². The first kappa shape index (κ1) is 16.4. The third kappa shape index (κ3) is 5.41. The third-order valence-electron chi connectivity index (χ3n) is 3.25. The van der Waals surface area contributed by atoms with Gasteiger partial charge >= 0.3 is 0 Å². The number of nitrogens with one attached hydrogen (secondary N) is 1. The number of aliphatic imine (C=N–C) groups is 1. The van der Waals surface area contributed by atoms with E-state index in [9.17, 15) is 0 Å². The maximum atomic E-state index is 5.71. The number of likely N-dealkylation sites (N-methyl/N-ethyl adjacent to an activating group) is 1. The Bertz CT molecular complexity index is 555. The summed E-state index contributed by atoms with van der Waals surface area (Å²) in [5, 5.41) is 5.49. The van der Waals surface area contributed by atoms with Gasteiger partial charge in [-0.25, -0.2) is 0 Å². The van der Waals surface area contributed by atoms with Crippen LogP contribution in [0.25, 0.3) is 0 Å². The summed E-state index contributed by atoms with van der Waals surface area (Å²) in [6.07, 6.45) is 1.02. The number of rotatable bonds is 7. The predicted molar refractivity (Wildman–Crippen MR) is 94.0 cm³/mol. The summed E-state index contributed by atoms with van der Waals surface area (Å²) >= 11 is 1.79. The van der Waals surface area contributed by atoms with Crippen LogP contribution >= 0.6 is 11.3 Å². The first-order valence-electron chi connectivity index (χ1n) is 7.41. The van der Waals surface area contributed by atoms with Crippen LogP contribution in [0.15, 0.2) is 52.8 Å². The van der Waals surface area contributed by atoms with E-state index in [1.807, 2.05) is 44.4 Å². The minimum atomic E-state index is 0.631. The Kier molecular flexibility index (Phi) is 6.77. The van der Waals surface area contributed by atoms with Gasteiger partial charge in [0.25, 0.3) is 0 Å². The molecule has 2 aromatic rings. The molecule has 0 aliphatic carbocycles. The van der Waals surface area contributed by atoms with Crippen molar-refractivity contribution in [1.29, 1.82) is 0 Å². The van der Waals surface area contributed by atoms with Crippen LogP contribution < -0.4 is 10.1 Å². The molecule has 0 spiro atoms. The van der Waals surface area contributed by atoms with Crippen LogP contribution in [0.1, 0.15) is 4.88 Å². The molecule has 0 saturated heterocycles. The second-order valence-corrected chi connectivity index (χ2v) is 5.92. The largest absolute Gasteiger partial charge is 0.492 e. The average molecular weight is 317 g/mol. The molecule has 0 aliphatic heterocycles. The Balaban J connectivity index is 1.68. The van der Waals surface area contributed by atoms with E-state index in [-0.39, 0.29) is 0 Å². The van der Waals surface area contributed by atoms with Crippen LogP contribution in [0.2, 0.25) is 0 Å². The van der Waals surface area contributed by atoms with Crippen molar-refractivity contribution < 1.29 is 4.74 Å². The van der Waals surface area contributed by atoms with Gasteiger partial charge in [0.05, 0.1) is 6.54 Å². The third-order valence-corrected chi connectivity index (χ3v) is 4.18. The average Bonchev–Trinajstić information content (AvgIpc) is 3.06. The number of benzene rings is 1. The Morgan fingerprint density at radius 2 is 2.05 bits per heavy atom. The van der Waals surface area contributed by atoms with Gasteiger partial charge in [-0.2, -0.15) is 0 Å².